The van der Waals surface area contributed by atoms with Crippen LogP contribution in [0.5, 0.6) is 0 Å². The highest BCUT2D eigenvalue weighted by Gasteiger charge is 2.34. The SMILES string of the molecule is Cc1ccccc1CN1CCN(C2CCNC2)C1=O. The van der Waals surface area contributed by atoms with Crippen molar-refractivity contribution < 1.29 is 4.79 Å². The van der Waals surface area contributed by atoms with Gasteiger partial charge in [-0.1, -0.05) is 24.3 Å². The molecular weight excluding hydrogens is 238 g/mol. The van der Waals surface area contributed by atoms with E-state index in [2.05, 4.69) is 24.4 Å². The fourth-order valence-electron chi connectivity index (χ4n) is 2.99. The van der Waals surface area contributed by atoms with Gasteiger partial charge >= 0.3 is 6.03 Å². The molecule has 2 aliphatic heterocycles. The van der Waals surface area contributed by atoms with Gasteiger partial charge in [-0.15, -0.1) is 0 Å². The summed E-state index contributed by atoms with van der Waals surface area (Å²) < 4.78 is 0. The maximum absolute atomic E-state index is 12.4. The van der Waals surface area contributed by atoms with E-state index in [1.165, 1.54) is 11.1 Å². The summed E-state index contributed by atoms with van der Waals surface area (Å²) in [6, 6.07) is 8.91. The number of nitrogens with one attached hydrogen (secondary N) is 1. The summed E-state index contributed by atoms with van der Waals surface area (Å²) in [5.41, 5.74) is 2.51. The van der Waals surface area contributed by atoms with Gasteiger partial charge < -0.3 is 15.1 Å². The maximum Gasteiger partial charge on any atom is 0.320 e. The number of hydrogen-bond acceptors (Lipinski definition) is 2. The van der Waals surface area contributed by atoms with Gasteiger partial charge in [0.15, 0.2) is 0 Å². The fourth-order valence-corrected chi connectivity index (χ4v) is 2.99. The molecule has 2 fully saturated rings. The molecule has 0 saturated carbocycles. The summed E-state index contributed by atoms with van der Waals surface area (Å²) in [4.78, 5) is 16.4. The van der Waals surface area contributed by atoms with Crippen molar-refractivity contribution in [2.75, 3.05) is 26.2 Å². The third kappa shape index (κ3) is 2.45. The topological polar surface area (TPSA) is 35.6 Å². The lowest BCUT2D eigenvalue weighted by molar-refractivity contribution is 0.178. The predicted molar refractivity (Wildman–Crippen MR) is 75.0 cm³/mol. The molecular formula is C15H21N3O. The summed E-state index contributed by atoms with van der Waals surface area (Å²) in [7, 11) is 0. The van der Waals surface area contributed by atoms with E-state index in [9.17, 15) is 4.79 Å². The van der Waals surface area contributed by atoms with E-state index >= 15 is 0 Å². The van der Waals surface area contributed by atoms with Gasteiger partial charge in [0, 0.05) is 32.2 Å². The predicted octanol–water partition coefficient (Wildman–Crippen LogP) is 1.59. The van der Waals surface area contributed by atoms with Crippen LogP contribution in [0.25, 0.3) is 0 Å². The molecule has 3 rings (SSSR count). The van der Waals surface area contributed by atoms with Gasteiger partial charge in [-0.3, -0.25) is 0 Å². The molecule has 0 aliphatic carbocycles. The van der Waals surface area contributed by atoms with Gasteiger partial charge in [-0.2, -0.15) is 0 Å². The number of hydrogen-bond donors (Lipinski definition) is 1. The first-order chi connectivity index (χ1) is 9.25. The van der Waals surface area contributed by atoms with Crippen molar-refractivity contribution in [3.8, 4) is 0 Å². The Morgan fingerprint density at radius 3 is 2.89 bits per heavy atom. The molecule has 2 saturated heterocycles. The Hall–Kier alpha value is -1.55. The third-order valence-electron chi connectivity index (χ3n) is 4.22. The minimum atomic E-state index is 0.206. The summed E-state index contributed by atoms with van der Waals surface area (Å²) in [5.74, 6) is 0. The molecule has 1 N–H and O–H groups in total. The van der Waals surface area contributed by atoms with Crippen molar-refractivity contribution in [1.82, 2.24) is 15.1 Å². The summed E-state index contributed by atoms with van der Waals surface area (Å²) in [5, 5.41) is 3.33. The van der Waals surface area contributed by atoms with Crippen molar-refractivity contribution >= 4 is 6.03 Å². The van der Waals surface area contributed by atoms with Crippen LogP contribution in [0.1, 0.15) is 17.5 Å². The van der Waals surface area contributed by atoms with E-state index in [1.807, 2.05) is 21.9 Å². The largest absolute Gasteiger partial charge is 0.320 e. The molecule has 4 heteroatoms. The zero-order valence-corrected chi connectivity index (χ0v) is 11.4. The second kappa shape index (κ2) is 5.21. The highest BCUT2D eigenvalue weighted by Crippen LogP contribution is 2.19. The third-order valence-corrected chi connectivity index (χ3v) is 4.22. The molecule has 1 unspecified atom stereocenters. The molecule has 0 radical (unpaired) electrons. The van der Waals surface area contributed by atoms with Gasteiger partial charge in [0.25, 0.3) is 0 Å². The van der Waals surface area contributed by atoms with Crippen LogP contribution in [-0.2, 0) is 6.54 Å². The minimum absolute atomic E-state index is 0.206. The zero-order chi connectivity index (χ0) is 13.2. The molecule has 102 valence electrons. The number of benzene rings is 1. The number of amides is 2. The Morgan fingerprint density at radius 2 is 2.16 bits per heavy atom. The Balaban J connectivity index is 1.67. The first kappa shape index (κ1) is 12.5. The van der Waals surface area contributed by atoms with E-state index in [0.29, 0.717) is 6.04 Å². The number of aryl methyl sites for hydroxylation is 1. The van der Waals surface area contributed by atoms with Crippen molar-refractivity contribution in [2.45, 2.75) is 25.9 Å². The van der Waals surface area contributed by atoms with Crippen molar-refractivity contribution in [3.05, 3.63) is 35.4 Å². The first-order valence-corrected chi connectivity index (χ1v) is 7.06. The molecule has 1 aromatic rings. The van der Waals surface area contributed by atoms with Gasteiger partial charge in [0.2, 0.25) is 0 Å². The van der Waals surface area contributed by atoms with Crippen LogP contribution >= 0.6 is 0 Å². The van der Waals surface area contributed by atoms with E-state index < -0.39 is 0 Å². The first-order valence-electron chi connectivity index (χ1n) is 7.06. The highest BCUT2D eigenvalue weighted by atomic mass is 16.2. The number of urea groups is 1. The number of carbonyl (C=O) groups is 1. The molecule has 1 aromatic carbocycles. The van der Waals surface area contributed by atoms with Crippen LogP contribution in [-0.4, -0.2) is 48.1 Å². The normalized spacial score (nSPS) is 23.4. The quantitative estimate of drug-likeness (QED) is 0.895. The lowest BCUT2D eigenvalue weighted by Gasteiger charge is -2.24. The molecule has 19 heavy (non-hydrogen) atoms. The molecule has 2 aliphatic rings. The maximum atomic E-state index is 12.4. The number of carbonyl (C=O) groups excluding carboxylic acids is 1. The smallest absolute Gasteiger partial charge is 0.319 e. The van der Waals surface area contributed by atoms with Gasteiger partial charge in [0.05, 0.1) is 0 Å². The van der Waals surface area contributed by atoms with E-state index in [1.54, 1.807) is 0 Å². The van der Waals surface area contributed by atoms with E-state index in [4.69, 9.17) is 0 Å². The van der Waals surface area contributed by atoms with Gasteiger partial charge in [-0.25, -0.2) is 4.79 Å². The summed E-state index contributed by atoms with van der Waals surface area (Å²) in [6.45, 7) is 6.55. The Kier molecular flexibility index (Phi) is 3.42. The Bertz CT molecular complexity index is 468. The molecule has 1 atom stereocenters. The van der Waals surface area contributed by atoms with Crippen LogP contribution in [0.4, 0.5) is 4.79 Å². The van der Waals surface area contributed by atoms with E-state index in [-0.39, 0.29) is 6.03 Å². The van der Waals surface area contributed by atoms with Crippen LogP contribution in [0, 0.1) is 6.92 Å². The molecule has 0 bridgehead atoms. The lowest BCUT2D eigenvalue weighted by atomic mass is 10.1. The molecule has 0 spiro atoms. The van der Waals surface area contributed by atoms with Crippen LogP contribution in [0.2, 0.25) is 0 Å². The fraction of sp³-hybridized carbons (Fsp3) is 0.533. The summed E-state index contributed by atoms with van der Waals surface area (Å²) in [6.07, 6.45) is 1.09. The van der Waals surface area contributed by atoms with Crippen molar-refractivity contribution in [1.29, 1.82) is 0 Å². The van der Waals surface area contributed by atoms with Crippen molar-refractivity contribution in [3.63, 3.8) is 0 Å². The van der Waals surface area contributed by atoms with Crippen molar-refractivity contribution in [2.24, 2.45) is 0 Å². The zero-order valence-electron chi connectivity index (χ0n) is 11.4. The average molecular weight is 259 g/mol. The minimum Gasteiger partial charge on any atom is -0.319 e. The van der Waals surface area contributed by atoms with Crippen LogP contribution in [0.15, 0.2) is 24.3 Å². The van der Waals surface area contributed by atoms with Gasteiger partial charge in [0.1, 0.15) is 0 Å². The highest BCUT2D eigenvalue weighted by molar-refractivity contribution is 5.77. The Morgan fingerprint density at radius 1 is 1.32 bits per heavy atom. The Labute approximate surface area is 114 Å². The molecule has 0 aromatic heterocycles. The van der Waals surface area contributed by atoms with Crippen LogP contribution < -0.4 is 5.32 Å². The standard InChI is InChI=1S/C15H21N3O/c1-12-4-2-3-5-13(12)11-17-8-9-18(15(17)19)14-6-7-16-10-14/h2-5,14,16H,6-11H2,1H3. The van der Waals surface area contributed by atoms with Gasteiger partial charge in [-0.05, 0) is 31.0 Å². The molecule has 2 amide bonds. The second-order valence-corrected chi connectivity index (χ2v) is 5.47. The molecule has 2 heterocycles. The second-order valence-electron chi connectivity index (χ2n) is 5.47. The van der Waals surface area contributed by atoms with E-state index in [0.717, 1.165) is 39.1 Å². The summed E-state index contributed by atoms with van der Waals surface area (Å²) >= 11 is 0. The van der Waals surface area contributed by atoms with Crippen LogP contribution in [0.3, 0.4) is 0 Å². The lowest BCUT2D eigenvalue weighted by Crippen LogP contribution is -2.40. The monoisotopic (exact) mass is 259 g/mol. The number of nitrogens with zero attached hydrogens (tertiary/aromatic N) is 2. The average Bonchev–Trinajstić information content (AvgIpc) is 3.03. The molecule has 4 nitrogen and oxygen atoms in total. The number of rotatable bonds is 3.